The molecule has 11 nitrogen and oxygen atoms in total. The van der Waals surface area contributed by atoms with Gasteiger partial charge in [0.2, 0.25) is 0 Å². The maximum absolute atomic E-state index is 14.1. The molecule has 2 aliphatic rings. The number of anilines is 1. The summed E-state index contributed by atoms with van der Waals surface area (Å²) in [5.41, 5.74) is 9.12. The van der Waals surface area contributed by atoms with E-state index in [1.807, 2.05) is 18.5 Å². The molecule has 2 aromatic heterocycles. The molecule has 0 aliphatic carbocycles. The Hall–Kier alpha value is -4.91. The summed E-state index contributed by atoms with van der Waals surface area (Å²) in [5, 5.41) is 14.9. The van der Waals surface area contributed by atoms with Crippen LogP contribution < -0.4 is 15.4 Å². The van der Waals surface area contributed by atoms with Crippen LogP contribution in [0.25, 0.3) is 22.2 Å². The first-order valence-corrected chi connectivity index (χ1v) is 15.6. The van der Waals surface area contributed by atoms with Crippen molar-refractivity contribution in [3.8, 4) is 16.9 Å². The Morgan fingerprint density at radius 3 is 2.51 bits per heavy atom. The fraction of sp³-hybridized carbons (Fsp3) is 0.382. The number of aliphatic carboxylic acids is 1. The van der Waals surface area contributed by atoms with Crippen LogP contribution in [0.1, 0.15) is 60.8 Å². The third-order valence-corrected chi connectivity index (χ3v) is 8.73. The second-order valence-electron chi connectivity index (χ2n) is 12.7. The Kier molecular flexibility index (Phi) is 8.66. The first kappa shape index (κ1) is 32.0. The predicted octanol–water partition coefficient (Wildman–Crippen LogP) is 4.71. The van der Waals surface area contributed by atoms with E-state index in [4.69, 9.17) is 20.6 Å². The van der Waals surface area contributed by atoms with E-state index in [0.717, 1.165) is 38.1 Å². The molecule has 4 aromatic rings. The normalized spacial score (nSPS) is 17.3. The smallest absolute Gasteiger partial charge is 0.307 e. The highest BCUT2D eigenvalue weighted by atomic mass is 19.2. The van der Waals surface area contributed by atoms with Crippen molar-refractivity contribution < 1.29 is 33.0 Å². The Labute approximate surface area is 269 Å². The molecular weight excluding hydrogens is 610 g/mol. The van der Waals surface area contributed by atoms with Crippen molar-refractivity contribution >= 4 is 34.5 Å². The number of pyridine rings is 1. The van der Waals surface area contributed by atoms with Gasteiger partial charge in [-0.1, -0.05) is 26.0 Å². The number of nitrogens with two attached hydrogens (primary N) is 1. The highest BCUT2D eigenvalue weighted by molar-refractivity contribution is 6.09. The van der Waals surface area contributed by atoms with Gasteiger partial charge in [0.25, 0.3) is 11.8 Å². The molecule has 13 heteroatoms. The third kappa shape index (κ3) is 6.27. The molecule has 3 N–H and O–H groups in total. The van der Waals surface area contributed by atoms with Gasteiger partial charge < -0.3 is 25.4 Å². The van der Waals surface area contributed by atoms with Gasteiger partial charge in [0.05, 0.1) is 42.1 Å². The number of hydrogen-bond donors (Lipinski definition) is 2. The van der Waals surface area contributed by atoms with Crippen molar-refractivity contribution in [1.82, 2.24) is 19.7 Å². The first-order valence-electron chi connectivity index (χ1n) is 15.6. The maximum Gasteiger partial charge on any atom is 0.307 e. The number of rotatable bonds is 9. The number of fused-ring (bicyclic) bond motifs is 2. The van der Waals surface area contributed by atoms with Crippen LogP contribution in [0, 0.1) is 17.6 Å². The van der Waals surface area contributed by atoms with E-state index in [-0.39, 0.29) is 29.8 Å². The van der Waals surface area contributed by atoms with E-state index >= 15 is 0 Å². The SMILES string of the molecule is CC(C)Cc1nc2c(cnn2C2CCN(C)CC2)c(-c2ccc3c(c2)OC(CC(=O)O)C(=O)N3Cc2ccc(F)c(F)c2)c1C(N)=O. The van der Waals surface area contributed by atoms with E-state index in [9.17, 15) is 28.3 Å². The molecule has 1 atom stereocenters. The summed E-state index contributed by atoms with van der Waals surface area (Å²) in [7, 11) is 2.08. The lowest BCUT2D eigenvalue weighted by atomic mass is 9.92. The van der Waals surface area contributed by atoms with Crippen LogP contribution >= 0.6 is 0 Å². The number of benzene rings is 2. The standard InChI is InChI=1S/C34H36F2N6O5/c1-18(2)12-25-31(32(37)45)30(22-16-38-42(33(22)39-25)21-8-10-40(3)11-9-21)20-5-7-26-27(14-20)47-28(15-29(43)44)34(46)41(26)17-19-4-6-23(35)24(36)13-19/h4-7,13-14,16,18,21,28H,8-12,15,17H2,1-3H3,(H2,37,45)(H,43,44). The Morgan fingerprint density at radius 2 is 1.85 bits per heavy atom. The van der Waals surface area contributed by atoms with E-state index in [0.29, 0.717) is 45.5 Å². The zero-order valence-corrected chi connectivity index (χ0v) is 26.4. The molecule has 4 heterocycles. The maximum atomic E-state index is 14.1. The van der Waals surface area contributed by atoms with Gasteiger partial charge in [0.1, 0.15) is 5.75 Å². The van der Waals surface area contributed by atoms with E-state index < -0.39 is 41.9 Å². The molecular formula is C34H36F2N6O5. The number of halogens is 2. The molecule has 0 saturated carbocycles. The van der Waals surface area contributed by atoms with Crippen molar-refractivity contribution in [1.29, 1.82) is 0 Å². The number of piperidine rings is 1. The van der Waals surface area contributed by atoms with E-state index in [1.54, 1.807) is 24.4 Å². The molecule has 2 aliphatic heterocycles. The number of primary amides is 1. The summed E-state index contributed by atoms with van der Waals surface area (Å²) in [6.45, 7) is 5.72. The summed E-state index contributed by atoms with van der Waals surface area (Å²) in [5.74, 6) is -4.30. The number of nitrogens with zero attached hydrogens (tertiary/aromatic N) is 5. The van der Waals surface area contributed by atoms with Gasteiger partial charge in [-0.05, 0) is 80.7 Å². The molecule has 0 bridgehead atoms. The van der Waals surface area contributed by atoms with Gasteiger partial charge in [-0.25, -0.2) is 18.4 Å². The predicted molar refractivity (Wildman–Crippen MR) is 170 cm³/mol. The zero-order chi connectivity index (χ0) is 33.6. The second-order valence-corrected chi connectivity index (χ2v) is 12.7. The van der Waals surface area contributed by atoms with Crippen molar-refractivity contribution in [3.63, 3.8) is 0 Å². The molecule has 1 fully saturated rings. The average molecular weight is 647 g/mol. The topological polar surface area (TPSA) is 144 Å². The Bertz CT molecular complexity index is 1880. The fourth-order valence-electron chi connectivity index (χ4n) is 6.47. The number of amides is 2. The molecule has 246 valence electrons. The molecule has 0 spiro atoms. The minimum absolute atomic E-state index is 0.120. The van der Waals surface area contributed by atoms with Gasteiger partial charge in [-0.3, -0.25) is 14.4 Å². The number of carbonyl (C=O) groups excluding carboxylic acids is 2. The zero-order valence-electron chi connectivity index (χ0n) is 26.4. The number of carboxylic acid groups (broad SMARTS) is 1. The van der Waals surface area contributed by atoms with Gasteiger partial charge in [0, 0.05) is 10.9 Å². The number of aromatic nitrogens is 3. The van der Waals surface area contributed by atoms with E-state index in [2.05, 4.69) is 11.9 Å². The lowest BCUT2D eigenvalue weighted by Gasteiger charge is -2.34. The lowest BCUT2D eigenvalue weighted by molar-refractivity contribution is -0.142. The number of ether oxygens (including phenoxy) is 1. The molecule has 47 heavy (non-hydrogen) atoms. The van der Waals surface area contributed by atoms with Crippen LogP contribution in [0.5, 0.6) is 5.75 Å². The van der Waals surface area contributed by atoms with Crippen LogP contribution in [0.2, 0.25) is 0 Å². The second kappa shape index (κ2) is 12.7. The molecule has 1 unspecified atom stereocenters. The lowest BCUT2D eigenvalue weighted by Crippen LogP contribution is -2.46. The molecule has 2 amide bonds. The third-order valence-electron chi connectivity index (χ3n) is 8.73. The van der Waals surface area contributed by atoms with Gasteiger partial charge in [-0.15, -0.1) is 0 Å². The Balaban J connectivity index is 1.51. The summed E-state index contributed by atoms with van der Waals surface area (Å²) in [6.07, 6.45) is 1.95. The Morgan fingerprint density at radius 1 is 1.11 bits per heavy atom. The molecule has 2 aromatic carbocycles. The van der Waals surface area contributed by atoms with Crippen LogP contribution in [0.15, 0.2) is 42.6 Å². The summed E-state index contributed by atoms with van der Waals surface area (Å²) < 4.78 is 35.6. The number of carbonyl (C=O) groups is 3. The number of carboxylic acids is 1. The molecule has 1 saturated heterocycles. The van der Waals surface area contributed by atoms with Crippen molar-refractivity contribution in [2.75, 3.05) is 25.0 Å². The van der Waals surface area contributed by atoms with Gasteiger partial charge in [0.15, 0.2) is 23.4 Å². The largest absolute Gasteiger partial charge is 0.481 e. The van der Waals surface area contributed by atoms with Crippen molar-refractivity contribution in [2.24, 2.45) is 11.7 Å². The summed E-state index contributed by atoms with van der Waals surface area (Å²) >= 11 is 0. The number of hydrogen-bond acceptors (Lipinski definition) is 7. The van der Waals surface area contributed by atoms with Crippen molar-refractivity contribution in [2.45, 2.75) is 58.2 Å². The van der Waals surface area contributed by atoms with Crippen LogP contribution in [-0.2, 0) is 22.6 Å². The highest BCUT2D eigenvalue weighted by Crippen LogP contribution is 2.42. The average Bonchev–Trinajstić information content (AvgIpc) is 3.43. The van der Waals surface area contributed by atoms with Gasteiger partial charge in [-0.2, -0.15) is 5.10 Å². The first-order chi connectivity index (χ1) is 22.4. The fourth-order valence-corrected chi connectivity index (χ4v) is 6.47. The van der Waals surface area contributed by atoms with E-state index in [1.165, 1.54) is 11.0 Å². The monoisotopic (exact) mass is 646 g/mol. The van der Waals surface area contributed by atoms with Crippen LogP contribution in [0.4, 0.5) is 14.5 Å². The summed E-state index contributed by atoms with van der Waals surface area (Å²) in [6, 6.07) is 8.42. The number of likely N-dealkylation sites (tertiary alicyclic amines) is 1. The van der Waals surface area contributed by atoms with Gasteiger partial charge >= 0.3 is 5.97 Å². The molecule has 0 radical (unpaired) electrons. The minimum Gasteiger partial charge on any atom is -0.481 e. The highest BCUT2D eigenvalue weighted by Gasteiger charge is 2.37. The van der Waals surface area contributed by atoms with Crippen molar-refractivity contribution in [3.05, 3.63) is 71.1 Å². The quantitative estimate of drug-likeness (QED) is 0.266. The molecule has 6 rings (SSSR count). The van der Waals surface area contributed by atoms with Crippen LogP contribution in [0.3, 0.4) is 0 Å². The van der Waals surface area contributed by atoms with Crippen LogP contribution in [-0.4, -0.2) is 68.8 Å². The summed E-state index contributed by atoms with van der Waals surface area (Å²) in [4.78, 5) is 46.8. The minimum atomic E-state index is -1.38.